The van der Waals surface area contributed by atoms with Gasteiger partial charge in [0.25, 0.3) is 0 Å². The molecule has 1 nitrogen and oxygen atoms in total. The normalized spacial score (nSPS) is 11.4. The van der Waals surface area contributed by atoms with Gasteiger partial charge in [-0.1, -0.05) is 43.0 Å². The van der Waals surface area contributed by atoms with Crippen LogP contribution in [0, 0.1) is 6.92 Å². The predicted molar refractivity (Wildman–Crippen MR) is 88.9 cm³/mol. The number of allylic oxidation sites excluding steroid dienone is 3. The van der Waals surface area contributed by atoms with Crippen molar-refractivity contribution in [2.75, 3.05) is 0 Å². The molecule has 0 saturated carbocycles. The van der Waals surface area contributed by atoms with Gasteiger partial charge in [-0.15, -0.1) is 11.3 Å². The summed E-state index contributed by atoms with van der Waals surface area (Å²) in [5.41, 5.74) is 4.00. The summed E-state index contributed by atoms with van der Waals surface area (Å²) in [6, 6.07) is 12.9. The van der Waals surface area contributed by atoms with E-state index in [1.165, 1.54) is 27.2 Å². The van der Waals surface area contributed by atoms with Crippen LogP contribution in [0.15, 0.2) is 66.6 Å². The lowest BCUT2D eigenvalue weighted by Gasteiger charge is -2.07. The largest absolute Gasteiger partial charge is 0.304 e. The van der Waals surface area contributed by atoms with E-state index >= 15 is 0 Å². The van der Waals surface area contributed by atoms with Gasteiger partial charge in [0.15, 0.2) is 0 Å². The first-order chi connectivity index (χ1) is 9.83. The number of hydrogen-bond donors (Lipinski definition) is 0. The van der Waals surface area contributed by atoms with E-state index in [0.29, 0.717) is 0 Å². The monoisotopic (exact) mass is 279 g/mol. The molecule has 100 valence electrons. The molecule has 0 unspecified atom stereocenters. The Labute approximate surface area is 123 Å². The minimum atomic E-state index is 0.921. The van der Waals surface area contributed by atoms with E-state index < -0.39 is 0 Å². The van der Waals surface area contributed by atoms with Gasteiger partial charge in [-0.05, 0) is 36.1 Å². The van der Waals surface area contributed by atoms with Crippen molar-refractivity contribution in [3.63, 3.8) is 0 Å². The van der Waals surface area contributed by atoms with Crippen LogP contribution in [0.4, 0.5) is 0 Å². The first-order valence-corrected chi connectivity index (χ1v) is 7.61. The van der Waals surface area contributed by atoms with Crippen LogP contribution in [0.25, 0.3) is 15.9 Å². The molecule has 0 aliphatic carbocycles. The number of nitrogens with zero attached hydrogens (tertiary/aromatic N) is 1. The highest BCUT2D eigenvalue weighted by Crippen LogP contribution is 2.31. The van der Waals surface area contributed by atoms with Crippen LogP contribution < -0.4 is 0 Å². The Kier molecular flexibility index (Phi) is 3.57. The Morgan fingerprint density at radius 3 is 2.80 bits per heavy atom. The molecule has 2 heterocycles. The Bertz CT molecular complexity index is 760. The molecule has 20 heavy (non-hydrogen) atoms. The second kappa shape index (κ2) is 5.51. The van der Waals surface area contributed by atoms with Gasteiger partial charge in [0.05, 0.1) is 10.5 Å². The number of aryl methyl sites for hydroxylation is 1. The minimum absolute atomic E-state index is 0.921. The summed E-state index contributed by atoms with van der Waals surface area (Å²) >= 11 is 1.78. The predicted octanol–water partition coefficient (Wildman–Crippen LogP) is 5.29. The van der Waals surface area contributed by atoms with Crippen molar-refractivity contribution in [3.05, 3.63) is 77.8 Å². The Morgan fingerprint density at radius 2 is 2.05 bits per heavy atom. The Hall–Kier alpha value is -2.06. The third-order valence-electron chi connectivity index (χ3n) is 3.56. The van der Waals surface area contributed by atoms with Gasteiger partial charge < -0.3 is 4.57 Å². The molecule has 2 heteroatoms. The summed E-state index contributed by atoms with van der Waals surface area (Å²) < 4.78 is 2.38. The lowest BCUT2D eigenvalue weighted by atomic mass is 10.1. The van der Waals surface area contributed by atoms with Crippen LogP contribution in [0.2, 0.25) is 0 Å². The molecule has 0 bridgehead atoms. The first kappa shape index (κ1) is 12.9. The summed E-state index contributed by atoms with van der Waals surface area (Å²) in [5, 5.41) is 4.74. The molecule has 3 rings (SSSR count). The summed E-state index contributed by atoms with van der Waals surface area (Å²) in [7, 11) is 0. The van der Waals surface area contributed by atoms with Gasteiger partial charge in [-0.2, -0.15) is 0 Å². The van der Waals surface area contributed by atoms with Crippen molar-refractivity contribution in [3.8, 4) is 5.00 Å². The quantitative estimate of drug-likeness (QED) is 0.572. The standard InChI is InChI=1S/C18H17NS/c1-3-4-5-10-16-14(2)15-9-6-7-11-17(15)19(16)18-12-8-13-20-18/h3-9,11-13H,1,10H2,2H3/b5-4+. The molecule has 0 aliphatic rings. The number of para-hydroxylation sites is 1. The topological polar surface area (TPSA) is 4.93 Å². The molecule has 0 aliphatic heterocycles. The highest BCUT2D eigenvalue weighted by Gasteiger charge is 2.14. The van der Waals surface area contributed by atoms with Crippen molar-refractivity contribution in [1.29, 1.82) is 0 Å². The molecule has 1 aromatic carbocycles. The van der Waals surface area contributed by atoms with E-state index in [0.717, 1.165) is 6.42 Å². The van der Waals surface area contributed by atoms with Gasteiger partial charge in [-0.25, -0.2) is 0 Å². The molecule has 0 atom stereocenters. The summed E-state index contributed by atoms with van der Waals surface area (Å²) in [5.74, 6) is 0. The van der Waals surface area contributed by atoms with Crippen molar-refractivity contribution in [1.82, 2.24) is 4.57 Å². The lowest BCUT2D eigenvalue weighted by molar-refractivity contribution is 1.01. The molecule has 0 radical (unpaired) electrons. The number of rotatable bonds is 4. The maximum atomic E-state index is 3.74. The van der Waals surface area contributed by atoms with E-state index in [4.69, 9.17) is 0 Å². The fourth-order valence-corrected chi connectivity index (χ4v) is 3.39. The fraction of sp³-hybridized carbons (Fsp3) is 0.111. The van der Waals surface area contributed by atoms with Crippen LogP contribution in [0.1, 0.15) is 11.3 Å². The number of benzene rings is 1. The first-order valence-electron chi connectivity index (χ1n) is 6.73. The maximum Gasteiger partial charge on any atom is 0.0997 e. The van der Waals surface area contributed by atoms with Crippen LogP contribution in [-0.4, -0.2) is 4.57 Å². The highest BCUT2D eigenvalue weighted by atomic mass is 32.1. The molecule has 0 saturated heterocycles. The SMILES string of the molecule is C=C/C=C/Cc1c(C)c2ccccc2n1-c1cccs1. The van der Waals surface area contributed by atoms with Crippen molar-refractivity contribution < 1.29 is 0 Å². The second-order valence-corrected chi connectivity index (χ2v) is 5.67. The molecular weight excluding hydrogens is 262 g/mol. The van der Waals surface area contributed by atoms with E-state index in [2.05, 4.69) is 65.9 Å². The van der Waals surface area contributed by atoms with Gasteiger partial charge in [0.2, 0.25) is 0 Å². The van der Waals surface area contributed by atoms with Crippen LogP contribution in [-0.2, 0) is 6.42 Å². The zero-order chi connectivity index (χ0) is 13.9. The maximum absolute atomic E-state index is 3.74. The average Bonchev–Trinajstić information content (AvgIpc) is 3.07. The fourth-order valence-electron chi connectivity index (χ4n) is 2.62. The van der Waals surface area contributed by atoms with E-state index in [1.54, 1.807) is 11.3 Å². The van der Waals surface area contributed by atoms with Crippen LogP contribution in [0.3, 0.4) is 0 Å². The van der Waals surface area contributed by atoms with Crippen molar-refractivity contribution in [2.45, 2.75) is 13.3 Å². The van der Waals surface area contributed by atoms with Crippen LogP contribution >= 0.6 is 11.3 Å². The summed E-state index contributed by atoms with van der Waals surface area (Å²) in [6.07, 6.45) is 6.92. The van der Waals surface area contributed by atoms with E-state index in [1.807, 2.05) is 12.2 Å². The average molecular weight is 279 g/mol. The zero-order valence-electron chi connectivity index (χ0n) is 11.5. The number of aromatic nitrogens is 1. The molecule has 0 fully saturated rings. The highest BCUT2D eigenvalue weighted by molar-refractivity contribution is 7.12. The van der Waals surface area contributed by atoms with E-state index in [-0.39, 0.29) is 0 Å². The van der Waals surface area contributed by atoms with Gasteiger partial charge in [0, 0.05) is 17.5 Å². The third-order valence-corrected chi connectivity index (χ3v) is 4.42. The zero-order valence-corrected chi connectivity index (χ0v) is 12.4. The molecule has 2 aromatic heterocycles. The molecular formula is C18H17NS. The number of thiophene rings is 1. The summed E-state index contributed by atoms with van der Waals surface area (Å²) in [6.45, 7) is 5.95. The third kappa shape index (κ3) is 2.12. The van der Waals surface area contributed by atoms with Crippen molar-refractivity contribution >= 4 is 22.2 Å². The summed E-state index contributed by atoms with van der Waals surface area (Å²) in [4.78, 5) is 0. The molecule has 0 amide bonds. The molecule has 0 N–H and O–H groups in total. The van der Waals surface area contributed by atoms with Gasteiger partial charge in [-0.3, -0.25) is 0 Å². The van der Waals surface area contributed by atoms with Gasteiger partial charge >= 0.3 is 0 Å². The lowest BCUT2D eigenvalue weighted by Crippen LogP contribution is -1.98. The molecule has 3 aromatic rings. The second-order valence-electron chi connectivity index (χ2n) is 4.74. The Balaban J connectivity index is 2.25. The molecule has 0 spiro atoms. The minimum Gasteiger partial charge on any atom is -0.304 e. The number of fused-ring (bicyclic) bond motifs is 1. The van der Waals surface area contributed by atoms with Crippen LogP contribution in [0.5, 0.6) is 0 Å². The smallest absolute Gasteiger partial charge is 0.0997 e. The van der Waals surface area contributed by atoms with Crippen molar-refractivity contribution in [2.24, 2.45) is 0 Å². The van der Waals surface area contributed by atoms with Gasteiger partial charge in [0.1, 0.15) is 0 Å². The van der Waals surface area contributed by atoms with E-state index in [9.17, 15) is 0 Å². The number of hydrogen-bond acceptors (Lipinski definition) is 1. The Morgan fingerprint density at radius 1 is 1.20 bits per heavy atom.